The van der Waals surface area contributed by atoms with Crippen molar-refractivity contribution in [2.45, 2.75) is 6.42 Å². The van der Waals surface area contributed by atoms with E-state index in [9.17, 15) is 4.79 Å². The molecular weight excluding hydrogens is 250 g/mol. The highest BCUT2D eigenvalue weighted by Gasteiger charge is 2.08. The van der Waals surface area contributed by atoms with Gasteiger partial charge in [-0.25, -0.2) is 0 Å². The summed E-state index contributed by atoms with van der Waals surface area (Å²) in [5, 5.41) is 2.92. The van der Waals surface area contributed by atoms with Gasteiger partial charge in [0.1, 0.15) is 5.75 Å². The van der Waals surface area contributed by atoms with Crippen molar-refractivity contribution in [3.63, 3.8) is 0 Å². The van der Waals surface area contributed by atoms with Crippen molar-refractivity contribution in [3.8, 4) is 5.75 Å². The maximum absolute atomic E-state index is 12.2. The Morgan fingerprint density at radius 1 is 1.20 bits per heavy atom. The topological polar surface area (TPSA) is 38.3 Å². The Hall–Kier alpha value is -2.55. The molecule has 20 heavy (non-hydrogen) atoms. The molecule has 0 aromatic heterocycles. The summed E-state index contributed by atoms with van der Waals surface area (Å²) < 4.78 is 5.08. The first-order chi connectivity index (χ1) is 9.74. The molecule has 0 aliphatic carbocycles. The van der Waals surface area contributed by atoms with Crippen LogP contribution in [-0.4, -0.2) is 13.0 Å². The number of carbonyl (C=O) groups is 1. The fourth-order valence-corrected chi connectivity index (χ4v) is 1.91. The predicted molar refractivity (Wildman–Crippen MR) is 81.3 cm³/mol. The lowest BCUT2D eigenvalue weighted by Gasteiger charge is -2.10. The first-order valence-electron chi connectivity index (χ1n) is 6.39. The molecular formula is C17H17NO2. The summed E-state index contributed by atoms with van der Waals surface area (Å²) in [4.78, 5) is 12.2. The lowest BCUT2D eigenvalue weighted by atomic mass is 10.1. The monoisotopic (exact) mass is 267 g/mol. The number of rotatable bonds is 5. The molecule has 0 heterocycles. The summed E-state index contributed by atoms with van der Waals surface area (Å²) in [7, 11) is 1.60. The van der Waals surface area contributed by atoms with Crippen molar-refractivity contribution in [2.75, 3.05) is 12.4 Å². The number of para-hydroxylation sites is 1. The van der Waals surface area contributed by atoms with Crippen molar-refractivity contribution in [2.24, 2.45) is 0 Å². The van der Waals surface area contributed by atoms with Crippen LogP contribution < -0.4 is 10.1 Å². The van der Waals surface area contributed by atoms with Crippen molar-refractivity contribution < 1.29 is 9.53 Å². The van der Waals surface area contributed by atoms with Crippen LogP contribution in [0.2, 0.25) is 0 Å². The second-order valence-electron chi connectivity index (χ2n) is 4.33. The van der Waals surface area contributed by atoms with Crippen molar-refractivity contribution >= 4 is 11.6 Å². The van der Waals surface area contributed by atoms with E-state index in [-0.39, 0.29) is 5.91 Å². The average molecular weight is 267 g/mol. The quantitative estimate of drug-likeness (QED) is 0.839. The van der Waals surface area contributed by atoms with Gasteiger partial charge in [0, 0.05) is 11.3 Å². The number of amides is 1. The van der Waals surface area contributed by atoms with E-state index >= 15 is 0 Å². The number of hydrogen-bond acceptors (Lipinski definition) is 2. The van der Waals surface area contributed by atoms with E-state index in [4.69, 9.17) is 4.74 Å². The van der Waals surface area contributed by atoms with Crippen LogP contribution in [-0.2, 0) is 6.42 Å². The highest BCUT2D eigenvalue weighted by Crippen LogP contribution is 2.18. The van der Waals surface area contributed by atoms with Gasteiger partial charge in [0.15, 0.2) is 0 Å². The van der Waals surface area contributed by atoms with Crippen LogP contribution in [0.25, 0.3) is 0 Å². The molecule has 2 aromatic rings. The Morgan fingerprint density at radius 3 is 2.55 bits per heavy atom. The maximum atomic E-state index is 12.2. The van der Waals surface area contributed by atoms with Gasteiger partial charge in [-0.1, -0.05) is 24.3 Å². The molecule has 2 aromatic carbocycles. The van der Waals surface area contributed by atoms with Crippen LogP contribution in [0.1, 0.15) is 15.9 Å². The molecule has 0 spiro atoms. The van der Waals surface area contributed by atoms with Crippen LogP contribution in [0.3, 0.4) is 0 Å². The van der Waals surface area contributed by atoms with Crippen LogP contribution in [0.5, 0.6) is 5.75 Å². The fraction of sp³-hybridized carbons (Fsp3) is 0.118. The van der Waals surface area contributed by atoms with Gasteiger partial charge in [0.2, 0.25) is 0 Å². The minimum Gasteiger partial charge on any atom is -0.497 e. The smallest absolute Gasteiger partial charge is 0.255 e. The van der Waals surface area contributed by atoms with Gasteiger partial charge in [-0.3, -0.25) is 4.79 Å². The molecule has 0 aliphatic heterocycles. The van der Waals surface area contributed by atoms with Crippen molar-refractivity contribution in [3.05, 3.63) is 72.3 Å². The molecule has 0 radical (unpaired) electrons. The zero-order chi connectivity index (χ0) is 14.4. The summed E-state index contributed by atoms with van der Waals surface area (Å²) in [6.45, 7) is 3.73. The maximum Gasteiger partial charge on any atom is 0.255 e. The van der Waals surface area contributed by atoms with Crippen LogP contribution in [0.4, 0.5) is 5.69 Å². The Balaban J connectivity index is 2.16. The van der Waals surface area contributed by atoms with Gasteiger partial charge in [0.05, 0.1) is 7.11 Å². The molecule has 102 valence electrons. The second-order valence-corrected chi connectivity index (χ2v) is 4.33. The molecule has 3 nitrogen and oxygen atoms in total. The molecule has 0 bridgehead atoms. The summed E-state index contributed by atoms with van der Waals surface area (Å²) in [5.41, 5.74) is 2.46. The van der Waals surface area contributed by atoms with Gasteiger partial charge < -0.3 is 10.1 Å². The summed E-state index contributed by atoms with van der Waals surface area (Å²) in [6, 6.07) is 14.7. The molecule has 3 heteroatoms. The highest BCUT2D eigenvalue weighted by atomic mass is 16.5. The van der Waals surface area contributed by atoms with E-state index in [2.05, 4.69) is 11.9 Å². The average Bonchev–Trinajstić information content (AvgIpc) is 2.49. The third kappa shape index (κ3) is 3.26. The van der Waals surface area contributed by atoms with E-state index < -0.39 is 0 Å². The third-order valence-corrected chi connectivity index (χ3v) is 2.98. The van der Waals surface area contributed by atoms with E-state index in [1.54, 1.807) is 31.4 Å². The number of benzene rings is 2. The summed E-state index contributed by atoms with van der Waals surface area (Å²) in [6.07, 6.45) is 2.54. The van der Waals surface area contributed by atoms with Gasteiger partial charge in [-0.2, -0.15) is 0 Å². The molecule has 0 saturated heterocycles. The molecule has 0 atom stereocenters. The first kappa shape index (κ1) is 13.9. The molecule has 0 aliphatic rings. The largest absolute Gasteiger partial charge is 0.497 e. The Labute approximate surface area is 118 Å². The number of ether oxygens (including phenoxy) is 1. The molecule has 0 saturated carbocycles. The highest BCUT2D eigenvalue weighted by molar-refractivity contribution is 6.04. The second kappa shape index (κ2) is 6.57. The van der Waals surface area contributed by atoms with E-state index in [1.807, 2.05) is 30.3 Å². The molecule has 1 amide bonds. The number of hydrogen-bond donors (Lipinski definition) is 1. The predicted octanol–water partition coefficient (Wildman–Crippen LogP) is 3.68. The van der Waals surface area contributed by atoms with Crippen molar-refractivity contribution in [1.82, 2.24) is 0 Å². The summed E-state index contributed by atoms with van der Waals surface area (Å²) >= 11 is 0. The fourth-order valence-electron chi connectivity index (χ4n) is 1.91. The van der Waals surface area contributed by atoms with Crippen LogP contribution in [0.15, 0.2) is 61.2 Å². The van der Waals surface area contributed by atoms with Crippen LogP contribution >= 0.6 is 0 Å². The number of carbonyl (C=O) groups excluding carboxylic acids is 1. The SMILES string of the molecule is C=CCc1ccccc1NC(=O)c1ccc(OC)cc1. The Morgan fingerprint density at radius 2 is 1.90 bits per heavy atom. The first-order valence-corrected chi connectivity index (χ1v) is 6.39. The lowest BCUT2D eigenvalue weighted by molar-refractivity contribution is 0.102. The zero-order valence-corrected chi connectivity index (χ0v) is 11.4. The molecule has 0 fully saturated rings. The zero-order valence-electron chi connectivity index (χ0n) is 11.4. The third-order valence-electron chi connectivity index (χ3n) is 2.98. The van der Waals surface area contributed by atoms with Gasteiger partial charge >= 0.3 is 0 Å². The Bertz CT molecular complexity index is 603. The summed E-state index contributed by atoms with van der Waals surface area (Å²) in [5.74, 6) is 0.595. The standard InChI is InChI=1S/C17H17NO2/c1-3-6-13-7-4-5-8-16(13)18-17(19)14-9-11-15(20-2)12-10-14/h3-5,7-12H,1,6H2,2H3,(H,18,19). The van der Waals surface area contributed by atoms with Gasteiger partial charge in [0.25, 0.3) is 5.91 Å². The van der Waals surface area contributed by atoms with E-state index in [0.717, 1.165) is 23.4 Å². The van der Waals surface area contributed by atoms with Gasteiger partial charge in [-0.15, -0.1) is 6.58 Å². The Kier molecular flexibility index (Phi) is 4.56. The van der Waals surface area contributed by atoms with Gasteiger partial charge in [-0.05, 0) is 42.3 Å². The minimum absolute atomic E-state index is 0.135. The number of anilines is 1. The minimum atomic E-state index is -0.135. The van der Waals surface area contributed by atoms with E-state index in [0.29, 0.717) is 5.56 Å². The van der Waals surface area contributed by atoms with Crippen molar-refractivity contribution in [1.29, 1.82) is 0 Å². The lowest BCUT2D eigenvalue weighted by Crippen LogP contribution is -2.13. The number of nitrogens with one attached hydrogen (secondary N) is 1. The van der Waals surface area contributed by atoms with E-state index in [1.165, 1.54) is 0 Å². The number of methoxy groups -OCH3 is 1. The molecule has 1 N–H and O–H groups in total. The normalized spacial score (nSPS) is 9.85. The molecule has 2 rings (SSSR count). The molecule has 0 unspecified atom stereocenters. The number of allylic oxidation sites excluding steroid dienone is 1. The van der Waals surface area contributed by atoms with Crippen LogP contribution in [0, 0.1) is 0 Å².